The van der Waals surface area contributed by atoms with Crippen molar-refractivity contribution in [1.29, 1.82) is 0 Å². The molecule has 0 aliphatic carbocycles. The van der Waals surface area contributed by atoms with Gasteiger partial charge < -0.3 is 5.32 Å². The van der Waals surface area contributed by atoms with Crippen LogP contribution in [0.5, 0.6) is 0 Å². The second-order valence-electron chi connectivity index (χ2n) is 3.75. The second-order valence-corrected chi connectivity index (χ2v) is 6.16. The fourth-order valence-electron chi connectivity index (χ4n) is 1.39. The first kappa shape index (κ1) is 14.0. The number of nitrogens with one attached hydrogen (secondary N) is 1. The summed E-state index contributed by atoms with van der Waals surface area (Å²) in [5, 5.41) is 2.61. The largest absolute Gasteiger partial charge is 0.351 e. The molecule has 1 aromatic carbocycles. The zero-order chi connectivity index (χ0) is 12.9. The van der Waals surface area contributed by atoms with E-state index in [0.717, 1.165) is 5.56 Å². The summed E-state index contributed by atoms with van der Waals surface area (Å²) in [5.74, 6) is -0.408. The van der Waals surface area contributed by atoms with Gasteiger partial charge in [-0.2, -0.15) is 0 Å². The molecule has 94 valence electrons. The summed E-state index contributed by atoms with van der Waals surface area (Å²) in [6.45, 7) is 0.289. The number of benzene rings is 1. The third kappa shape index (κ3) is 5.19. The fraction of sp³-hybridized carbons (Fsp3) is 0.364. The molecule has 0 bridgehead atoms. The molecule has 6 heteroatoms. The van der Waals surface area contributed by atoms with Gasteiger partial charge in [-0.05, 0) is 11.1 Å². The number of hydrogen-bond acceptors (Lipinski definition) is 3. The van der Waals surface area contributed by atoms with Crippen molar-refractivity contribution in [2.75, 3.05) is 12.1 Å². The van der Waals surface area contributed by atoms with E-state index in [2.05, 4.69) is 5.32 Å². The molecule has 4 nitrogen and oxygen atoms in total. The number of hydrogen-bond donors (Lipinski definition) is 1. The van der Waals surface area contributed by atoms with Gasteiger partial charge in [0, 0.05) is 12.8 Å². The lowest BCUT2D eigenvalue weighted by atomic mass is 10.1. The van der Waals surface area contributed by atoms with Crippen LogP contribution >= 0.6 is 11.6 Å². The second kappa shape index (κ2) is 6.02. The average molecular weight is 276 g/mol. The van der Waals surface area contributed by atoms with Gasteiger partial charge in [0.1, 0.15) is 5.88 Å². The Morgan fingerprint density at radius 2 is 1.88 bits per heavy atom. The van der Waals surface area contributed by atoms with Crippen molar-refractivity contribution in [2.24, 2.45) is 0 Å². The molecule has 0 radical (unpaired) electrons. The van der Waals surface area contributed by atoms with Crippen molar-refractivity contribution in [3.63, 3.8) is 0 Å². The molecule has 0 saturated carbocycles. The molecule has 1 rings (SSSR count). The first-order chi connectivity index (χ1) is 7.92. The Morgan fingerprint density at radius 1 is 1.29 bits per heavy atom. The maximum atomic E-state index is 11.2. The Balaban J connectivity index is 2.81. The first-order valence-electron chi connectivity index (χ1n) is 4.99. The highest BCUT2D eigenvalue weighted by molar-refractivity contribution is 7.89. The molecule has 1 aromatic rings. The van der Waals surface area contributed by atoms with Crippen molar-refractivity contribution in [3.8, 4) is 0 Å². The van der Waals surface area contributed by atoms with Crippen molar-refractivity contribution in [1.82, 2.24) is 5.32 Å². The molecule has 17 heavy (non-hydrogen) atoms. The number of sulfone groups is 1. The van der Waals surface area contributed by atoms with Crippen molar-refractivity contribution >= 4 is 27.3 Å². The summed E-state index contributed by atoms with van der Waals surface area (Å²) in [7, 11) is -3.08. The standard InChI is InChI=1S/C11H14ClNO3S/c1-17(15,16)8-10-5-3-2-4-9(10)7-13-11(14)6-12/h2-5H,6-8H2,1H3,(H,13,14). The summed E-state index contributed by atoms with van der Waals surface area (Å²) < 4.78 is 22.5. The van der Waals surface area contributed by atoms with Crippen LogP contribution in [0.4, 0.5) is 0 Å². The molecule has 0 atom stereocenters. The van der Waals surface area contributed by atoms with Gasteiger partial charge in [-0.3, -0.25) is 4.79 Å². The summed E-state index contributed by atoms with van der Waals surface area (Å²) in [6, 6.07) is 7.10. The monoisotopic (exact) mass is 275 g/mol. The van der Waals surface area contributed by atoms with Crippen molar-refractivity contribution in [2.45, 2.75) is 12.3 Å². The average Bonchev–Trinajstić information content (AvgIpc) is 2.25. The maximum Gasteiger partial charge on any atom is 0.235 e. The zero-order valence-corrected chi connectivity index (χ0v) is 11.0. The van der Waals surface area contributed by atoms with E-state index in [1.54, 1.807) is 24.3 Å². The van der Waals surface area contributed by atoms with Gasteiger partial charge in [0.2, 0.25) is 5.91 Å². The third-order valence-corrected chi connectivity index (χ3v) is 3.21. The van der Waals surface area contributed by atoms with E-state index in [1.165, 1.54) is 6.26 Å². The van der Waals surface area contributed by atoms with Gasteiger partial charge >= 0.3 is 0 Å². The van der Waals surface area contributed by atoms with Gasteiger partial charge in [-0.1, -0.05) is 24.3 Å². The van der Waals surface area contributed by atoms with Crippen LogP contribution < -0.4 is 5.32 Å². The van der Waals surface area contributed by atoms with Gasteiger partial charge in [-0.25, -0.2) is 8.42 Å². The molecule has 0 fully saturated rings. The first-order valence-corrected chi connectivity index (χ1v) is 7.59. The number of halogens is 1. The van der Waals surface area contributed by atoms with Crippen LogP contribution in [0, 0.1) is 0 Å². The smallest absolute Gasteiger partial charge is 0.235 e. The van der Waals surface area contributed by atoms with Crippen LogP contribution in [-0.2, 0) is 26.9 Å². The Bertz CT molecular complexity index is 499. The topological polar surface area (TPSA) is 63.2 Å². The van der Waals surface area contributed by atoms with Crippen LogP contribution in [0.3, 0.4) is 0 Å². The summed E-state index contributed by atoms with van der Waals surface area (Å²) in [5.41, 5.74) is 1.49. The molecular weight excluding hydrogens is 262 g/mol. The van der Waals surface area contributed by atoms with Crippen LogP contribution in [0.2, 0.25) is 0 Å². The minimum atomic E-state index is -3.08. The summed E-state index contributed by atoms with van der Waals surface area (Å²) >= 11 is 5.36. The van der Waals surface area contributed by atoms with Crippen LogP contribution in [0.25, 0.3) is 0 Å². The molecular formula is C11H14ClNO3S. The molecule has 0 spiro atoms. The van der Waals surface area contributed by atoms with E-state index in [1.807, 2.05) is 0 Å². The van der Waals surface area contributed by atoms with Crippen LogP contribution in [0.1, 0.15) is 11.1 Å². The predicted molar refractivity (Wildman–Crippen MR) is 67.6 cm³/mol. The quantitative estimate of drug-likeness (QED) is 0.818. The molecule has 0 unspecified atom stereocenters. The number of alkyl halides is 1. The van der Waals surface area contributed by atoms with Gasteiger partial charge in [-0.15, -0.1) is 11.6 Å². The summed E-state index contributed by atoms with van der Waals surface area (Å²) in [6.07, 6.45) is 1.18. The minimum Gasteiger partial charge on any atom is -0.351 e. The third-order valence-electron chi connectivity index (χ3n) is 2.13. The Labute approximate surface area is 106 Å². The van der Waals surface area contributed by atoms with Crippen molar-refractivity contribution in [3.05, 3.63) is 35.4 Å². The molecule has 0 heterocycles. The van der Waals surface area contributed by atoms with E-state index in [9.17, 15) is 13.2 Å². The molecule has 0 aliphatic heterocycles. The van der Waals surface area contributed by atoms with Crippen LogP contribution in [-0.4, -0.2) is 26.5 Å². The number of carbonyl (C=O) groups excluding carboxylic acids is 1. The van der Waals surface area contributed by atoms with E-state index in [-0.39, 0.29) is 24.1 Å². The van der Waals surface area contributed by atoms with E-state index in [4.69, 9.17) is 11.6 Å². The number of amides is 1. The highest BCUT2D eigenvalue weighted by Gasteiger charge is 2.09. The zero-order valence-electron chi connectivity index (χ0n) is 9.44. The molecule has 1 N–H and O–H groups in total. The molecule has 0 aromatic heterocycles. The Hall–Kier alpha value is -1.07. The van der Waals surface area contributed by atoms with Gasteiger partial charge in [0.25, 0.3) is 0 Å². The molecule has 0 aliphatic rings. The molecule has 1 amide bonds. The van der Waals surface area contributed by atoms with E-state index in [0.29, 0.717) is 5.56 Å². The Kier molecular flexibility index (Phi) is 4.96. The van der Waals surface area contributed by atoms with Crippen molar-refractivity contribution < 1.29 is 13.2 Å². The molecule has 0 saturated heterocycles. The number of rotatable bonds is 5. The number of carbonyl (C=O) groups is 1. The summed E-state index contributed by atoms with van der Waals surface area (Å²) in [4.78, 5) is 11.0. The minimum absolute atomic E-state index is 0.0279. The normalized spacial score (nSPS) is 11.2. The lowest BCUT2D eigenvalue weighted by Crippen LogP contribution is -2.24. The SMILES string of the molecule is CS(=O)(=O)Cc1ccccc1CNC(=O)CCl. The van der Waals surface area contributed by atoms with Gasteiger partial charge in [0.15, 0.2) is 9.84 Å². The highest BCUT2D eigenvalue weighted by atomic mass is 35.5. The lowest BCUT2D eigenvalue weighted by Gasteiger charge is -2.09. The predicted octanol–water partition coefficient (Wildman–Crippen LogP) is 1.09. The lowest BCUT2D eigenvalue weighted by molar-refractivity contribution is -0.118. The highest BCUT2D eigenvalue weighted by Crippen LogP contribution is 2.11. The Morgan fingerprint density at radius 3 is 2.41 bits per heavy atom. The van der Waals surface area contributed by atoms with Gasteiger partial charge in [0.05, 0.1) is 5.75 Å². The van der Waals surface area contributed by atoms with E-state index < -0.39 is 9.84 Å². The fourth-order valence-corrected chi connectivity index (χ4v) is 2.34. The van der Waals surface area contributed by atoms with E-state index >= 15 is 0 Å². The van der Waals surface area contributed by atoms with Crippen LogP contribution in [0.15, 0.2) is 24.3 Å². The maximum absolute atomic E-state index is 11.2.